The first-order valence-electron chi connectivity index (χ1n) is 20.2. The number of alkyl halides is 3. The van der Waals surface area contributed by atoms with Gasteiger partial charge in [-0.1, -0.05) is 36.9 Å². The van der Waals surface area contributed by atoms with E-state index in [9.17, 15) is 27.6 Å². The summed E-state index contributed by atoms with van der Waals surface area (Å²) >= 11 is 0. The van der Waals surface area contributed by atoms with Gasteiger partial charge in [-0.25, -0.2) is 4.68 Å². The Balaban J connectivity index is 0.000000293. The van der Waals surface area contributed by atoms with Crippen LogP contribution in [0.25, 0.3) is 5.69 Å². The third-order valence-corrected chi connectivity index (χ3v) is 10.1. The number of morpholine rings is 1. The van der Waals surface area contributed by atoms with Crippen molar-refractivity contribution >= 4 is 29.6 Å². The first-order chi connectivity index (χ1) is 29.0. The maximum atomic E-state index is 13.4. The molecular weight excluding hydrogens is 778 g/mol. The van der Waals surface area contributed by atoms with E-state index in [4.69, 9.17) is 9.47 Å². The number of hydrogen-bond acceptors (Lipinski definition) is 10. The summed E-state index contributed by atoms with van der Waals surface area (Å²) in [4.78, 5) is 42.6. The Morgan fingerprint density at radius 3 is 2.40 bits per heavy atom. The number of nitrogens with one attached hydrogen (secondary N) is 3. The number of nitrogens with zero attached hydrogens (tertiary/aromatic N) is 5. The molecule has 16 heteroatoms. The van der Waals surface area contributed by atoms with Gasteiger partial charge in [0, 0.05) is 95.3 Å². The molecule has 3 N–H and O–H groups in total. The van der Waals surface area contributed by atoms with Crippen LogP contribution < -0.4 is 25.6 Å². The van der Waals surface area contributed by atoms with Crippen LogP contribution in [0.1, 0.15) is 34.8 Å². The van der Waals surface area contributed by atoms with E-state index in [-0.39, 0.29) is 17.9 Å². The Morgan fingerprint density at radius 2 is 1.73 bits per heavy atom. The zero-order valence-electron chi connectivity index (χ0n) is 34.3. The van der Waals surface area contributed by atoms with E-state index in [1.54, 1.807) is 10.9 Å². The third kappa shape index (κ3) is 13.2. The Kier molecular flexibility index (Phi) is 17.2. The number of aldehydes is 1. The van der Waals surface area contributed by atoms with Crippen molar-refractivity contribution in [3.05, 3.63) is 114 Å². The zero-order chi connectivity index (χ0) is 42.9. The van der Waals surface area contributed by atoms with Crippen molar-refractivity contribution in [3.63, 3.8) is 0 Å². The van der Waals surface area contributed by atoms with Crippen molar-refractivity contribution in [3.8, 4) is 11.4 Å². The van der Waals surface area contributed by atoms with Gasteiger partial charge in [0.2, 0.25) is 0 Å². The van der Waals surface area contributed by atoms with Gasteiger partial charge < -0.3 is 30.3 Å². The molecule has 2 saturated heterocycles. The van der Waals surface area contributed by atoms with E-state index in [1.807, 2.05) is 68.6 Å². The van der Waals surface area contributed by atoms with Gasteiger partial charge in [-0.3, -0.25) is 24.2 Å². The molecule has 1 aromatic heterocycles. The summed E-state index contributed by atoms with van der Waals surface area (Å²) < 4.78 is 52.2. The summed E-state index contributed by atoms with van der Waals surface area (Å²) in [6, 6.07) is 20.8. The van der Waals surface area contributed by atoms with Gasteiger partial charge in [0.05, 0.1) is 37.3 Å². The first kappa shape index (κ1) is 45.5. The standard InChI is InChI=1S/C29H33F3N6O3.C8H13NO2.C7H9N/c1-2-37-27-21(17-25(28(37)40)35-26(39)20-6-3-7-22(16-20)29(30,31)32)19-34-38(27)23-8-4-9-24(18-23)41-15-5-12-36-13-10-33-11-14-36;1-8(7-10)6-9-2-4-11-5-3-9;1-8-7-5-3-2-4-6-7/h3-4,6-9,16,18-19,25,33H,2,5,10-15,17H2,1H3,(H,35,39);7H,1-6H2;2-6,8H,1H3. The Hall–Kier alpha value is -5.55. The number of carbonyl (C=O) groups is 3. The summed E-state index contributed by atoms with van der Waals surface area (Å²) in [6.07, 6.45) is -1.04. The summed E-state index contributed by atoms with van der Waals surface area (Å²) in [5, 5.41) is 13.5. The van der Waals surface area contributed by atoms with Crippen molar-refractivity contribution in [1.29, 1.82) is 0 Å². The molecule has 1 unspecified atom stereocenters. The minimum atomic E-state index is -4.58. The van der Waals surface area contributed by atoms with Crippen LogP contribution in [0, 0.1) is 0 Å². The topological polar surface area (TPSA) is 133 Å². The number of aromatic nitrogens is 2. The van der Waals surface area contributed by atoms with Gasteiger partial charge in [0.25, 0.3) is 11.8 Å². The lowest BCUT2D eigenvalue weighted by Gasteiger charge is -2.32. The first-order valence-corrected chi connectivity index (χ1v) is 20.2. The fourth-order valence-electron chi connectivity index (χ4n) is 6.90. The molecule has 3 aliphatic heterocycles. The van der Waals surface area contributed by atoms with Gasteiger partial charge in [-0.15, -0.1) is 0 Å². The number of anilines is 2. The number of likely N-dealkylation sites (N-methyl/N-ethyl adjacent to an activating group) is 1. The summed E-state index contributed by atoms with van der Waals surface area (Å²) in [7, 11) is 1.91. The minimum Gasteiger partial charge on any atom is -0.493 e. The highest BCUT2D eigenvalue weighted by Crippen LogP contribution is 2.32. The van der Waals surface area contributed by atoms with Gasteiger partial charge in [0.15, 0.2) is 0 Å². The molecule has 0 radical (unpaired) electrons. The molecule has 7 rings (SSSR count). The Morgan fingerprint density at radius 1 is 1.00 bits per heavy atom. The van der Waals surface area contributed by atoms with E-state index in [0.717, 1.165) is 101 Å². The van der Waals surface area contributed by atoms with Crippen LogP contribution in [0.5, 0.6) is 5.75 Å². The number of para-hydroxylation sites is 1. The van der Waals surface area contributed by atoms with Crippen LogP contribution >= 0.6 is 0 Å². The van der Waals surface area contributed by atoms with Crippen molar-refractivity contribution in [1.82, 2.24) is 30.2 Å². The van der Waals surface area contributed by atoms with Crippen LogP contribution in [0.2, 0.25) is 0 Å². The molecule has 13 nitrogen and oxygen atoms in total. The largest absolute Gasteiger partial charge is 0.493 e. The van der Waals surface area contributed by atoms with Crippen LogP contribution in [0.3, 0.4) is 0 Å². The fraction of sp³-hybridized carbons (Fsp3) is 0.409. The molecule has 2 amide bonds. The molecule has 4 aromatic rings. The maximum Gasteiger partial charge on any atom is 0.416 e. The highest BCUT2D eigenvalue weighted by Gasteiger charge is 2.37. The molecule has 0 aliphatic carbocycles. The monoisotopic (exact) mass is 832 g/mol. The predicted molar refractivity (Wildman–Crippen MR) is 226 cm³/mol. The molecule has 3 aromatic carbocycles. The second kappa shape index (κ2) is 22.7. The average Bonchev–Trinajstić information content (AvgIpc) is 3.70. The highest BCUT2D eigenvalue weighted by molar-refractivity contribution is 6.04. The molecule has 4 heterocycles. The molecule has 2 fully saturated rings. The Bertz CT molecular complexity index is 2000. The lowest BCUT2D eigenvalue weighted by atomic mass is 10.0. The summed E-state index contributed by atoms with van der Waals surface area (Å²) in [5.74, 6) is 0.187. The van der Waals surface area contributed by atoms with E-state index in [1.165, 1.54) is 17.0 Å². The number of fused-ring (bicyclic) bond motifs is 1. The second-order valence-electron chi connectivity index (χ2n) is 14.4. The lowest BCUT2D eigenvalue weighted by molar-refractivity contribution is -0.137. The lowest BCUT2D eigenvalue weighted by Crippen LogP contribution is -2.53. The molecule has 1 atom stereocenters. The normalized spacial score (nSPS) is 16.9. The molecule has 60 heavy (non-hydrogen) atoms. The number of carbonyl (C=O) groups excluding carboxylic acids is 3. The number of ether oxygens (including phenoxy) is 2. The van der Waals surface area contributed by atoms with E-state index >= 15 is 0 Å². The molecule has 0 spiro atoms. The van der Waals surface area contributed by atoms with Gasteiger partial charge >= 0.3 is 6.18 Å². The van der Waals surface area contributed by atoms with Crippen LogP contribution in [-0.4, -0.2) is 129 Å². The maximum absolute atomic E-state index is 13.4. The smallest absolute Gasteiger partial charge is 0.416 e. The third-order valence-electron chi connectivity index (χ3n) is 10.1. The number of amides is 2. The van der Waals surface area contributed by atoms with Gasteiger partial charge in [0.1, 0.15) is 23.9 Å². The van der Waals surface area contributed by atoms with Crippen LogP contribution in [-0.2, 0) is 26.9 Å². The zero-order valence-corrected chi connectivity index (χ0v) is 34.3. The average molecular weight is 833 g/mol. The highest BCUT2D eigenvalue weighted by atomic mass is 19.4. The van der Waals surface area contributed by atoms with Crippen molar-refractivity contribution in [2.24, 2.45) is 0 Å². The fourth-order valence-corrected chi connectivity index (χ4v) is 6.90. The van der Waals surface area contributed by atoms with E-state index in [2.05, 4.69) is 37.4 Å². The Labute approximate surface area is 349 Å². The summed E-state index contributed by atoms with van der Waals surface area (Å²) in [5.41, 5.74) is 2.18. The van der Waals surface area contributed by atoms with E-state index in [0.29, 0.717) is 36.8 Å². The molecule has 0 bridgehead atoms. The minimum absolute atomic E-state index is 0.164. The molecular formula is C44H55F3N8O5. The number of rotatable bonds is 13. The van der Waals surface area contributed by atoms with Crippen molar-refractivity contribution in [2.75, 3.05) is 96.0 Å². The molecule has 322 valence electrons. The van der Waals surface area contributed by atoms with Gasteiger partial charge in [-0.2, -0.15) is 18.3 Å². The number of piperazine rings is 1. The summed E-state index contributed by atoms with van der Waals surface area (Å²) in [6.45, 7) is 15.5. The van der Waals surface area contributed by atoms with Crippen LogP contribution in [0.15, 0.2) is 97.2 Å². The number of benzene rings is 3. The van der Waals surface area contributed by atoms with E-state index < -0.39 is 23.7 Å². The van der Waals surface area contributed by atoms with Crippen molar-refractivity contribution < 1.29 is 37.0 Å². The quantitative estimate of drug-likeness (QED) is 0.0953. The SMILES string of the molecule is C=C(C=O)CN1CCOCC1.CCN1C(=O)C(NC(=O)c2cccc(C(F)(F)F)c2)Cc2cnn(-c3cccc(OCCCN4CCNCC4)c3)c21.CNc1ccccc1. The number of halogens is 3. The van der Waals surface area contributed by atoms with Crippen molar-refractivity contribution in [2.45, 2.75) is 32.0 Å². The second-order valence-corrected chi connectivity index (χ2v) is 14.4. The molecule has 0 saturated carbocycles. The predicted octanol–water partition coefficient (Wildman–Crippen LogP) is 5.07. The van der Waals surface area contributed by atoms with Gasteiger partial charge in [-0.05, 0) is 61.4 Å². The van der Waals surface area contributed by atoms with Crippen LogP contribution in [0.4, 0.5) is 24.7 Å². The molecule has 3 aliphatic rings. The number of hydrogen-bond donors (Lipinski definition) is 3.